The van der Waals surface area contributed by atoms with E-state index in [4.69, 9.17) is 0 Å². The molecule has 1 unspecified atom stereocenters. The van der Waals surface area contributed by atoms with Gasteiger partial charge in [-0.3, -0.25) is 0 Å². The van der Waals surface area contributed by atoms with Gasteiger partial charge in [0, 0.05) is 17.5 Å². The average Bonchev–Trinajstić information content (AvgIpc) is 2.94. The Kier molecular flexibility index (Phi) is 2.15. The molecule has 2 nitrogen and oxygen atoms in total. The molecule has 1 saturated carbocycles. The predicted octanol–water partition coefficient (Wildman–Crippen LogP) is 2.91. The van der Waals surface area contributed by atoms with Crippen LogP contribution in [0.5, 0.6) is 0 Å². The van der Waals surface area contributed by atoms with E-state index in [1.54, 1.807) is 6.07 Å². The van der Waals surface area contributed by atoms with Gasteiger partial charge >= 0.3 is 6.18 Å². The molecular formula is C12H14F3NO. The third-order valence-corrected chi connectivity index (χ3v) is 3.99. The lowest BCUT2D eigenvalue weighted by Crippen LogP contribution is -2.36. The summed E-state index contributed by atoms with van der Waals surface area (Å²) in [5.41, 5.74) is -0.317. The van der Waals surface area contributed by atoms with Crippen LogP contribution in [0, 0.1) is 0 Å². The lowest BCUT2D eigenvalue weighted by atomic mass is 9.95. The van der Waals surface area contributed by atoms with Gasteiger partial charge in [0.2, 0.25) is 0 Å². The zero-order chi connectivity index (χ0) is 12.3. The second-order valence-electron chi connectivity index (χ2n) is 5.03. The fourth-order valence-electron chi connectivity index (χ4n) is 2.85. The fraction of sp³-hybridized carbons (Fsp3) is 0.667. The minimum atomic E-state index is -4.19. The first-order chi connectivity index (χ1) is 7.96. The highest BCUT2D eigenvalue weighted by Crippen LogP contribution is 2.56. The average molecular weight is 245 g/mol. The number of hydrogen-bond donors (Lipinski definition) is 1. The van der Waals surface area contributed by atoms with Crippen LogP contribution in [0.4, 0.5) is 13.2 Å². The lowest BCUT2D eigenvalue weighted by Gasteiger charge is -2.27. The van der Waals surface area contributed by atoms with Crippen LogP contribution in [0.3, 0.4) is 0 Å². The molecule has 0 aromatic carbocycles. The van der Waals surface area contributed by atoms with Crippen molar-refractivity contribution in [3.63, 3.8) is 0 Å². The summed E-state index contributed by atoms with van der Waals surface area (Å²) in [4.78, 5) is 0. The second kappa shape index (κ2) is 3.28. The molecule has 1 aromatic heterocycles. The van der Waals surface area contributed by atoms with E-state index in [0.717, 1.165) is 6.42 Å². The maximum absolute atomic E-state index is 13.0. The Bertz CT molecular complexity index is 445. The van der Waals surface area contributed by atoms with E-state index >= 15 is 0 Å². The van der Waals surface area contributed by atoms with Crippen LogP contribution in [0.1, 0.15) is 43.0 Å². The van der Waals surface area contributed by atoms with Crippen LogP contribution in [-0.2, 0) is 12.0 Å². The van der Waals surface area contributed by atoms with E-state index in [9.17, 15) is 18.3 Å². The van der Waals surface area contributed by atoms with Crippen LogP contribution in [0.15, 0.2) is 12.3 Å². The van der Waals surface area contributed by atoms with Gasteiger partial charge in [0.05, 0.1) is 6.10 Å². The van der Waals surface area contributed by atoms with Gasteiger partial charge in [-0.2, -0.15) is 13.2 Å². The lowest BCUT2D eigenvalue weighted by molar-refractivity contribution is -0.180. The highest BCUT2D eigenvalue weighted by molar-refractivity contribution is 5.31. The molecule has 1 aromatic rings. The summed E-state index contributed by atoms with van der Waals surface area (Å²) in [6, 6.07) is 1.64. The minimum Gasteiger partial charge on any atom is -0.388 e. The smallest absolute Gasteiger partial charge is 0.388 e. The molecule has 0 amide bonds. The van der Waals surface area contributed by atoms with E-state index in [1.165, 1.54) is 10.8 Å². The van der Waals surface area contributed by atoms with E-state index in [0.29, 0.717) is 24.1 Å². The Hall–Kier alpha value is -0.970. The molecule has 0 radical (unpaired) electrons. The first-order valence-corrected chi connectivity index (χ1v) is 5.91. The van der Waals surface area contributed by atoms with Gasteiger partial charge in [-0.05, 0) is 38.2 Å². The SMILES string of the molecule is OC1CCCc2c1ccn2C1(C(F)(F)F)CC1. The predicted molar refractivity (Wildman–Crippen MR) is 55.6 cm³/mol. The van der Waals surface area contributed by atoms with E-state index in [-0.39, 0.29) is 12.8 Å². The van der Waals surface area contributed by atoms with Crippen LogP contribution in [0.2, 0.25) is 0 Å². The molecule has 3 rings (SSSR count). The summed E-state index contributed by atoms with van der Waals surface area (Å²) in [5, 5.41) is 9.77. The van der Waals surface area contributed by atoms with Gasteiger partial charge in [-0.15, -0.1) is 0 Å². The maximum Gasteiger partial charge on any atom is 0.411 e. The summed E-state index contributed by atoms with van der Waals surface area (Å²) < 4.78 is 40.5. The number of aromatic nitrogens is 1. The standard InChI is InChI=1S/C12H14F3NO/c13-12(14,15)11(5-6-11)16-7-4-8-9(16)2-1-3-10(8)17/h4,7,10,17H,1-3,5-6H2. The Morgan fingerprint density at radius 2 is 2.06 bits per heavy atom. The van der Waals surface area contributed by atoms with E-state index in [1.807, 2.05) is 0 Å². The van der Waals surface area contributed by atoms with Gasteiger partial charge in [0.25, 0.3) is 0 Å². The van der Waals surface area contributed by atoms with Crippen molar-refractivity contribution in [3.8, 4) is 0 Å². The van der Waals surface area contributed by atoms with E-state index < -0.39 is 17.8 Å². The van der Waals surface area contributed by atoms with Crippen LogP contribution in [-0.4, -0.2) is 15.8 Å². The number of alkyl halides is 3. The Morgan fingerprint density at radius 1 is 1.35 bits per heavy atom. The largest absolute Gasteiger partial charge is 0.411 e. The quantitative estimate of drug-likeness (QED) is 0.808. The van der Waals surface area contributed by atoms with Crippen molar-refractivity contribution in [2.45, 2.75) is 49.9 Å². The highest BCUT2D eigenvalue weighted by Gasteiger charge is 2.65. The molecule has 0 spiro atoms. The van der Waals surface area contributed by atoms with Gasteiger partial charge in [0.1, 0.15) is 5.54 Å². The third kappa shape index (κ3) is 1.44. The van der Waals surface area contributed by atoms with E-state index in [2.05, 4.69) is 0 Å². The van der Waals surface area contributed by atoms with Crippen molar-refractivity contribution in [3.05, 3.63) is 23.5 Å². The highest BCUT2D eigenvalue weighted by atomic mass is 19.4. The zero-order valence-electron chi connectivity index (χ0n) is 9.30. The number of nitrogens with zero attached hydrogens (tertiary/aromatic N) is 1. The molecule has 1 N–H and O–H groups in total. The van der Waals surface area contributed by atoms with Crippen molar-refractivity contribution in [1.29, 1.82) is 0 Å². The zero-order valence-corrected chi connectivity index (χ0v) is 9.30. The Balaban J connectivity index is 2.06. The number of fused-ring (bicyclic) bond motifs is 1. The molecule has 2 aliphatic rings. The van der Waals surface area contributed by atoms with Crippen molar-refractivity contribution in [2.24, 2.45) is 0 Å². The molecule has 5 heteroatoms. The van der Waals surface area contributed by atoms with Crippen molar-refractivity contribution < 1.29 is 18.3 Å². The normalized spacial score (nSPS) is 26.7. The summed E-state index contributed by atoms with van der Waals surface area (Å²) in [7, 11) is 0. The molecular weight excluding hydrogens is 231 g/mol. The summed E-state index contributed by atoms with van der Waals surface area (Å²) >= 11 is 0. The first-order valence-electron chi connectivity index (χ1n) is 5.91. The molecule has 17 heavy (non-hydrogen) atoms. The van der Waals surface area contributed by atoms with Gasteiger partial charge in [-0.1, -0.05) is 0 Å². The fourth-order valence-corrected chi connectivity index (χ4v) is 2.85. The Morgan fingerprint density at radius 3 is 2.65 bits per heavy atom. The second-order valence-corrected chi connectivity index (χ2v) is 5.03. The van der Waals surface area contributed by atoms with Crippen molar-refractivity contribution in [1.82, 2.24) is 4.57 Å². The summed E-state index contributed by atoms with van der Waals surface area (Å²) in [5.74, 6) is 0. The van der Waals surface area contributed by atoms with Crippen LogP contribution >= 0.6 is 0 Å². The minimum absolute atomic E-state index is 0.160. The van der Waals surface area contributed by atoms with Gasteiger partial charge < -0.3 is 9.67 Å². The molecule has 0 bridgehead atoms. The third-order valence-electron chi connectivity index (χ3n) is 3.99. The monoisotopic (exact) mass is 245 g/mol. The molecule has 1 atom stereocenters. The molecule has 1 fully saturated rings. The summed E-state index contributed by atoms with van der Waals surface area (Å²) in [6.45, 7) is 0. The van der Waals surface area contributed by atoms with Crippen molar-refractivity contribution >= 4 is 0 Å². The number of aliphatic hydroxyl groups is 1. The van der Waals surface area contributed by atoms with Gasteiger partial charge in [-0.25, -0.2) is 0 Å². The maximum atomic E-state index is 13.0. The van der Waals surface area contributed by atoms with Gasteiger partial charge in [0.15, 0.2) is 0 Å². The number of hydrogen-bond acceptors (Lipinski definition) is 1. The molecule has 1 heterocycles. The number of aliphatic hydroxyl groups excluding tert-OH is 1. The molecule has 2 aliphatic carbocycles. The molecule has 0 saturated heterocycles. The summed E-state index contributed by atoms with van der Waals surface area (Å²) in [6.07, 6.45) is -0.924. The molecule has 94 valence electrons. The van der Waals surface area contributed by atoms with Crippen LogP contribution in [0.25, 0.3) is 0 Å². The number of halogens is 3. The van der Waals surface area contributed by atoms with Crippen molar-refractivity contribution in [2.75, 3.05) is 0 Å². The Labute approximate surface area is 97.0 Å². The molecule has 0 aliphatic heterocycles. The first kappa shape index (κ1) is 11.1. The number of rotatable bonds is 1. The topological polar surface area (TPSA) is 25.2 Å². The van der Waals surface area contributed by atoms with Crippen LogP contribution < -0.4 is 0 Å².